The number of benzene rings is 1. The molecule has 0 aliphatic rings. The highest BCUT2D eigenvalue weighted by Gasteiger charge is 1.95. The van der Waals surface area contributed by atoms with Gasteiger partial charge in [-0.2, -0.15) is 0 Å². The molecule has 0 aliphatic heterocycles. The van der Waals surface area contributed by atoms with E-state index in [9.17, 15) is 0 Å². The van der Waals surface area contributed by atoms with E-state index in [1.165, 1.54) is 11.8 Å². The van der Waals surface area contributed by atoms with Gasteiger partial charge in [0, 0.05) is 6.21 Å². The molecule has 58 valence electrons. The lowest BCUT2D eigenvalue weighted by molar-refractivity contribution is 0.920. The van der Waals surface area contributed by atoms with Gasteiger partial charge in [-0.1, -0.05) is 37.6 Å². The lowest BCUT2D eigenvalue weighted by Gasteiger charge is -2.01. The quantitative estimate of drug-likeness (QED) is 0.635. The predicted octanol–water partition coefficient (Wildman–Crippen LogP) is 2.64. The van der Waals surface area contributed by atoms with Crippen LogP contribution in [0.5, 0.6) is 0 Å². The van der Waals surface area contributed by atoms with Crippen molar-refractivity contribution in [1.29, 1.82) is 5.41 Å². The molecule has 0 unspecified atom stereocenters. The molecule has 1 heteroatoms. The normalized spacial score (nSPS) is 9.55. The van der Waals surface area contributed by atoms with Crippen LogP contribution < -0.4 is 0 Å². The molecule has 1 N–H and O–H groups in total. The van der Waals surface area contributed by atoms with Crippen LogP contribution in [0.4, 0.5) is 0 Å². The van der Waals surface area contributed by atoms with Crippen molar-refractivity contribution in [2.45, 2.75) is 19.8 Å². The molecule has 0 aliphatic carbocycles. The van der Waals surface area contributed by atoms with Crippen LogP contribution in [0.3, 0.4) is 0 Å². The van der Waals surface area contributed by atoms with Crippen molar-refractivity contribution in [3.63, 3.8) is 0 Å². The Balaban J connectivity index is 2.92. The maximum Gasteiger partial charge on any atom is 0.0253 e. The number of nitrogens with one attached hydrogen (secondary N) is 1. The minimum absolute atomic E-state index is 1.05. The number of aryl methyl sites for hydroxylation is 1. The summed E-state index contributed by atoms with van der Waals surface area (Å²) >= 11 is 0. The van der Waals surface area contributed by atoms with Crippen molar-refractivity contribution in [2.24, 2.45) is 0 Å². The van der Waals surface area contributed by atoms with Crippen LogP contribution in [0.2, 0.25) is 0 Å². The highest BCUT2D eigenvalue weighted by Crippen LogP contribution is 2.07. The molecule has 1 aromatic carbocycles. The number of hydrogen-bond donors (Lipinski definition) is 1. The van der Waals surface area contributed by atoms with E-state index >= 15 is 0 Å². The zero-order chi connectivity index (χ0) is 8.10. The summed E-state index contributed by atoms with van der Waals surface area (Å²) in [6, 6.07) is 8.07. The predicted molar refractivity (Wildman–Crippen MR) is 48.3 cm³/mol. The second-order valence-corrected chi connectivity index (χ2v) is 2.59. The minimum atomic E-state index is 1.05. The van der Waals surface area contributed by atoms with Gasteiger partial charge in [-0.15, -0.1) is 0 Å². The molecular formula is C10H13N. The van der Waals surface area contributed by atoms with Gasteiger partial charge in [-0.3, -0.25) is 0 Å². The Morgan fingerprint density at radius 3 is 2.73 bits per heavy atom. The summed E-state index contributed by atoms with van der Waals surface area (Å²) in [5, 5.41) is 7.14. The molecule has 0 radical (unpaired) electrons. The van der Waals surface area contributed by atoms with E-state index in [4.69, 9.17) is 5.41 Å². The van der Waals surface area contributed by atoms with Crippen LogP contribution in [0.1, 0.15) is 24.5 Å². The van der Waals surface area contributed by atoms with E-state index in [-0.39, 0.29) is 0 Å². The zero-order valence-corrected chi connectivity index (χ0v) is 6.80. The average Bonchev–Trinajstić information content (AvgIpc) is 2.06. The van der Waals surface area contributed by atoms with E-state index in [1.54, 1.807) is 0 Å². The summed E-state index contributed by atoms with van der Waals surface area (Å²) in [7, 11) is 0. The SMILES string of the molecule is CCCc1ccccc1C=N. The van der Waals surface area contributed by atoms with Crippen molar-refractivity contribution in [1.82, 2.24) is 0 Å². The summed E-state index contributed by atoms with van der Waals surface area (Å²) in [4.78, 5) is 0. The fourth-order valence-corrected chi connectivity index (χ4v) is 1.17. The minimum Gasteiger partial charge on any atom is -0.308 e. The van der Waals surface area contributed by atoms with Crippen molar-refractivity contribution < 1.29 is 0 Å². The average molecular weight is 147 g/mol. The molecule has 0 aromatic heterocycles. The number of hydrogen-bond acceptors (Lipinski definition) is 1. The van der Waals surface area contributed by atoms with Gasteiger partial charge in [0.25, 0.3) is 0 Å². The molecule has 0 atom stereocenters. The topological polar surface area (TPSA) is 23.9 Å². The van der Waals surface area contributed by atoms with Gasteiger partial charge in [-0.05, 0) is 17.5 Å². The maximum atomic E-state index is 7.14. The van der Waals surface area contributed by atoms with Crippen LogP contribution >= 0.6 is 0 Å². The van der Waals surface area contributed by atoms with Gasteiger partial charge >= 0.3 is 0 Å². The van der Waals surface area contributed by atoms with Crippen LogP contribution in [0.15, 0.2) is 24.3 Å². The summed E-state index contributed by atoms with van der Waals surface area (Å²) < 4.78 is 0. The van der Waals surface area contributed by atoms with Crippen molar-refractivity contribution in [3.05, 3.63) is 35.4 Å². The van der Waals surface area contributed by atoms with Crippen molar-refractivity contribution in [3.8, 4) is 0 Å². The van der Waals surface area contributed by atoms with Gasteiger partial charge < -0.3 is 5.41 Å². The van der Waals surface area contributed by atoms with Crippen molar-refractivity contribution >= 4 is 6.21 Å². The Kier molecular flexibility index (Phi) is 2.84. The molecule has 0 fully saturated rings. The second kappa shape index (κ2) is 3.91. The summed E-state index contributed by atoms with van der Waals surface area (Å²) in [5.41, 5.74) is 2.33. The summed E-state index contributed by atoms with van der Waals surface area (Å²) in [6.45, 7) is 2.15. The molecule has 11 heavy (non-hydrogen) atoms. The first-order valence-electron chi connectivity index (χ1n) is 3.97. The van der Waals surface area contributed by atoms with Gasteiger partial charge in [0.05, 0.1) is 0 Å². The maximum absolute atomic E-state index is 7.14. The Morgan fingerprint density at radius 1 is 1.36 bits per heavy atom. The largest absolute Gasteiger partial charge is 0.308 e. The molecule has 0 amide bonds. The molecule has 0 heterocycles. The number of rotatable bonds is 3. The molecule has 1 rings (SSSR count). The van der Waals surface area contributed by atoms with Gasteiger partial charge in [0.2, 0.25) is 0 Å². The molecule has 0 saturated heterocycles. The van der Waals surface area contributed by atoms with Gasteiger partial charge in [-0.25, -0.2) is 0 Å². The Labute approximate surface area is 67.6 Å². The van der Waals surface area contributed by atoms with Gasteiger partial charge in [0.15, 0.2) is 0 Å². The molecule has 0 spiro atoms. The molecule has 1 aromatic rings. The van der Waals surface area contributed by atoms with E-state index in [0.29, 0.717) is 0 Å². The third-order valence-corrected chi connectivity index (χ3v) is 1.73. The zero-order valence-electron chi connectivity index (χ0n) is 6.80. The second-order valence-electron chi connectivity index (χ2n) is 2.59. The Morgan fingerprint density at radius 2 is 2.09 bits per heavy atom. The monoisotopic (exact) mass is 147 g/mol. The van der Waals surface area contributed by atoms with Crippen LogP contribution in [0.25, 0.3) is 0 Å². The highest BCUT2D eigenvalue weighted by atomic mass is 14.3. The fourth-order valence-electron chi connectivity index (χ4n) is 1.17. The van der Waals surface area contributed by atoms with Crippen molar-refractivity contribution in [2.75, 3.05) is 0 Å². The highest BCUT2D eigenvalue weighted by molar-refractivity contribution is 5.79. The van der Waals surface area contributed by atoms with Crippen LogP contribution in [0, 0.1) is 5.41 Å². The van der Waals surface area contributed by atoms with E-state index < -0.39 is 0 Å². The summed E-state index contributed by atoms with van der Waals surface area (Å²) in [5.74, 6) is 0. The first-order chi connectivity index (χ1) is 5.38. The smallest absolute Gasteiger partial charge is 0.0253 e. The lowest BCUT2D eigenvalue weighted by Crippen LogP contribution is -1.90. The van der Waals surface area contributed by atoms with E-state index in [2.05, 4.69) is 13.0 Å². The standard InChI is InChI=1S/C10H13N/c1-2-5-9-6-3-4-7-10(9)8-11/h3-4,6-8,11H,2,5H2,1H3. The first-order valence-corrected chi connectivity index (χ1v) is 3.97. The Hall–Kier alpha value is -1.11. The molecule has 0 bridgehead atoms. The van der Waals surface area contributed by atoms with E-state index in [0.717, 1.165) is 18.4 Å². The fraction of sp³-hybridized carbons (Fsp3) is 0.300. The molecular weight excluding hydrogens is 134 g/mol. The third kappa shape index (κ3) is 1.90. The molecule has 1 nitrogen and oxygen atoms in total. The van der Waals surface area contributed by atoms with Crippen LogP contribution in [-0.4, -0.2) is 6.21 Å². The molecule has 0 saturated carbocycles. The third-order valence-electron chi connectivity index (χ3n) is 1.73. The first kappa shape index (κ1) is 7.99. The Bertz CT molecular complexity index is 240. The lowest BCUT2D eigenvalue weighted by atomic mass is 10.0. The summed E-state index contributed by atoms with van der Waals surface area (Å²) in [6.07, 6.45) is 3.64. The van der Waals surface area contributed by atoms with Gasteiger partial charge in [0.1, 0.15) is 0 Å². The van der Waals surface area contributed by atoms with E-state index in [1.807, 2.05) is 18.2 Å². The van der Waals surface area contributed by atoms with Crippen LogP contribution in [-0.2, 0) is 6.42 Å².